The van der Waals surface area contributed by atoms with Crippen LogP contribution in [0.5, 0.6) is 11.6 Å². The average molecular weight is 357 g/mol. The van der Waals surface area contributed by atoms with Crippen molar-refractivity contribution in [3.63, 3.8) is 0 Å². The number of hydrogen-bond acceptors (Lipinski definition) is 4. The minimum absolute atomic E-state index is 0.521. The van der Waals surface area contributed by atoms with E-state index in [-0.39, 0.29) is 0 Å². The highest BCUT2D eigenvalue weighted by molar-refractivity contribution is 5.65. The van der Waals surface area contributed by atoms with Crippen LogP contribution >= 0.6 is 0 Å². The van der Waals surface area contributed by atoms with Gasteiger partial charge in [0, 0.05) is 18.0 Å². The van der Waals surface area contributed by atoms with Gasteiger partial charge in [-0.15, -0.1) is 0 Å². The Balaban J connectivity index is 1.47. The summed E-state index contributed by atoms with van der Waals surface area (Å²) in [6.45, 7) is 4.33. The molecule has 1 aromatic heterocycles. The van der Waals surface area contributed by atoms with Gasteiger partial charge in [-0.2, -0.15) is 4.98 Å². The molecule has 1 N–H and O–H groups in total. The van der Waals surface area contributed by atoms with Gasteiger partial charge in [-0.05, 0) is 60.7 Å². The van der Waals surface area contributed by atoms with E-state index in [1.54, 1.807) is 12.3 Å². The molecule has 0 fully saturated rings. The zero-order valence-corrected chi connectivity index (χ0v) is 15.7. The first-order valence-electron chi connectivity index (χ1n) is 9.36. The van der Waals surface area contributed by atoms with Crippen LogP contribution in [0.4, 0.5) is 11.6 Å². The Morgan fingerprint density at radius 2 is 1.93 bits per heavy atom. The topological polar surface area (TPSA) is 47.0 Å². The summed E-state index contributed by atoms with van der Waals surface area (Å²) in [5.74, 6) is 1.83. The highest BCUT2D eigenvalue weighted by Gasteiger charge is 2.11. The molecule has 0 amide bonds. The Kier molecular flexibility index (Phi) is 4.88. The van der Waals surface area contributed by atoms with Gasteiger partial charge in [-0.1, -0.05) is 43.2 Å². The number of allylic oxidation sites excluding steroid dienone is 1. The maximum absolute atomic E-state index is 5.95. The van der Waals surface area contributed by atoms with Gasteiger partial charge in [0.05, 0.1) is 0 Å². The number of rotatable bonds is 6. The number of anilines is 2. The molecule has 0 unspecified atom stereocenters. The van der Waals surface area contributed by atoms with Gasteiger partial charge in [0.25, 0.3) is 0 Å². The second kappa shape index (κ2) is 7.62. The number of nitrogens with zero attached hydrogens (tertiary/aromatic N) is 2. The SMILES string of the molecule is CCCc1ccc(Nc2nccc(Oc3ccc4c(c3)C=C(C)C4)n2)cc1. The van der Waals surface area contributed by atoms with Crippen LogP contribution in [-0.4, -0.2) is 9.97 Å². The monoisotopic (exact) mass is 357 g/mol. The predicted molar refractivity (Wildman–Crippen MR) is 110 cm³/mol. The fourth-order valence-electron chi connectivity index (χ4n) is 3.30. The molecule has 4 rings (SSSR count). The summed E-state index contributed by atoms with van der Waals surface area (Å²) >= 11 is 0. The Labute approximate surface area is 160 Å². The minimum atomic E-state index is 0.521. The van der Waals surface area contributed by atoms with E-state index in [9.17, 15) is 0 Å². The third kappa shape index (κ3) is 4.17. The van der Waals surface area contributed by atoms with Crippen LogP contribution in [0.25, 0.3) is 6.08 Å². The van der Waals surface area contributed by atoms with Gasteiger partial charge in [-0.3, -0.25) is 0 Å². The summed E-state index contributed by atoms with van der Waals surface area (Å²) < 4.78 is 5.95. The van der Waals surface area contributed by atoms with E-state index < -0.39 is 0 Å². The maximum Gasteiger partial charge on any atom is 0.230 e. The number of hydrogen-bond donors (Lipinski definition) is 1. The number of nitrogens with one attached hydrogen (secondary N) is 1. The van der Waals surface area contributed by atoms with E-state index in [1.807, 2.05) is 6.07 Å². The smallest absolute Gasteiger partial charge is 0.230 e. The minimum Gasteiger partial charge on any atom is -0.439 e. The zero-order valence-electron chi connectivity index (χ0n) is 15.7. The van der Waals surface area contributed by atoms with Crippen molar-refractivity contribution in [3.8, 4) is 11.6 Å². The first-order chi connectivity index (χ1) is 13.2. The molecule has 0 aliphatic heterocycles. The summed E-state index contributed by atoms with van der Waals surface area (Å²) in [7, 11) is 0. The lowest BCUT2D eigenvalue weighted by atomic mass is 10.1. The van der Waals surface area contributed by atoms with Gasteiger partial charge in [0.2, 0.25) is 11.8 Å². The maximum atomic E-state index is 5.95. The highest BCUT2D eigenvalue weighted by atomic mass is 16.5. The normalized spacial score (nSPS) is 12.4. The molecular formula is C23H23N3O. The molecule has 0 saturated heterocycles. The van der Waals surface area contributed by atoms with E-state index in [0.29, 0.717) is 11.8 Å². The molecule has 3 aromatic rings. The summed E-state index contributed by atoms with van der Waals surface area (Å²) in [5.41, 5.74) is 6.24. The highest BCUT2D eigenvalue weighted by Crippen LogP contribution is 2.30. The molecule has 4 nitrogen and oxygen atoms in total. The molecule has 1 heterocycles. The van der Waals surface area contributed by atoms with Gasteiger partial charge < -0.3 is 10.1 Å². The molecule has 27 heavy (non-hydrogen) atoms. The molecule has 0 radical (unpaired) electrons. The van der Waals surface area contributed by atoms with Crippen LogP contribution in [0.2, 0.25) is 0 Å². The van der Waals surface area contributed by atoms with Crippen molar-refractivity contribution in [3.05, 3.63) is 77.0 Å². The van der Waals surface area contributed by atoms with Crippen LogP contribution in [-0.2, 0) is 12.8 Å². The molecule has 4 heteroatoms. The van der Waals surface area contributed by atoms with Crippen LogP contribution in [0.1, 0.15) is 37.0 Å². The van der Waals surface area contributed by atoms with Crippen LogP contribution < -0.4 is 10.1 Å². The summed E-state index contributed by atoms with van der Waals surface area (Å²) in [6.07, 6.45) is 7.17. The van der Waals surface area contributed by atoms with Crippen LogP contribution in [0.3, 0.4) is 0 Å². The van der Waals surface area contributed by atoms with Crippen molar-refractivity contribution in [2.75, 3.05) is 5.32 Å². The molecule has 1 aliphatic rings. The third-order valence-corrected chi connectivity index (χ3v) is 4.59. The first kappa shape index (κ1) is 17.3. The molecule has 0 saturated carbocycles. The Morgan fingerprint density at radius 3 is 2.74 bits per heavy atom. The molecule has 0 spiro atoms. The molecular weight excluding hydrogens is 334 g/mol. The van der Waals surface area contributed by atoms with E-state index in [1.165, 1.54) is 22.3 Å². The van der Waals surface area contributed by atoms with Crippen molar-refractivity contribution < 1.29 is 4.74 Å². The molecule has 0 bridgehead atoms. The van der Waals surface area contributed by atoms with Gasteiger partial charge >= 0.3 is 0 Å². The second-order valence-corrected chi connectivity index (χ2v) is 6.92. The van der Waals surface area contributed by atoms with Crippen LogP contribution in [0, 0.1) is 0 Å². The number of benzene rings is 2. The van der Waals surface area contributed by atoms with Gasteiger partial charge in [-0.25, -0.2) is 4.98 Å². The first-order valence-corrected chi connectivity index (χ1v) is 9.36. The Morgan fingerprint density at radius 1 is 1.07 bits per heavy atom. The number of ether oxygens (including phenoxy) is 1. The van der Waals surface area contributed by atoms with E-state index in [4.69, 9.17) is 4.74 Å². The van der Waals surface area contributed by atoms with Crippen molar-refractivity contribution in [2.45, 2.75) is 33.1 Å². The van der Waals surface area contributed by atoms with Gasteiger partial charge in [0.15, 0.2) is 0 Å². The summed E-state index contributed by atoms with van der Waals surface area (Å²) in [5, 5.41) is 3.24. The fourth-order valence-corrected chi connectivity index (χ4v) is 3.30. The quantitative estimate of drug-likeness (QED) is 0.594. The second-order valence-electron chi connectivity index (χ2n) is 6.92. The lowest BCUT2D eigenvalue weighted by Crippen LogP contribution is -1.98. The lowest BCUT2D eigenvalue weighted by molar-refractivity contribution is 0.462. The van der Waals surface area contributed by atoms with Crippen molar-refractivity contribution in [2.24, 2.45) is 0 Å². The third-order valence-electron chi connectivity index (χ3n) is 4.59. The van der Waals surface area contributed by atoms with Crippen molar-refractivity contribution in [1.82, 2.24) is 9.97 Å². The number of aromatic nitrogens is 2. The lowest BCUT2D eigenvalue weighted by Gasteiger charge is -2.09. The summed E-state index contributed by atoms with van der Waals surface area (Å²) in [4.78, 5) is 8.76. The molecule has 0 atom stereocenters. The van der Waals surface area contributed by atoms with Crippen LogP contribution in [0.15, 0.2) is 60.3 Å². The number of fused-ring (bicyclic) bond motifs is 1. The van der Waals surface area contributed by atoms with Crippen molar-refractivity contribution >= 4 is 17.7 Å². The van der Waals surface area contributed by atoms with Crippen molar-refractivity contribution in [1.29, 1.82) is 0 Å². The zero-order chi connectivity index (χ0) is 18.6. The van der Waals surface area contributed by atoms with Gasteiger partial charge in [0.1, 0.15) is 5.75 Å². The fraction of sp³-hybridized carbons (Fsp3) is 0.217. The summed E-state index contributed by atoms with van der Waals surface area (Å²) in [6, 6.07) is 16.3. The molecule has 2 aromatic carbocycles. The molecule has 1 aliphatic carbocycles. The number of aryl methyl sites for hydroxylation is 1. The largest absolute Gasteiger partial charge is 0.439 e. The predicted octanol–water partition coefficient (Wildman–Crippen LogP) is 5.92. The Bertz CT molecular complexity index is 977. The van der Waals surface area contributed by atoms with E-state index >= 15 is 0 Å². The standard InChI is InChI=1S/C23H23N3O/c1-3-4-17-5-8-20(9-6-17)25-23-24-12-11-22(26-23)27-21-10-7-18-13-16(2)14-19(18)15-21/h5-12,14-15H,3-4,13H2,1-2H3,(H,24,25,26). The Hall–Kier alpha value is -3.14. The van der Waals surface area contributed by atoms with E-state index in [2.05, 4.69) is 71.6 Å². The average Bonchev–Trinajstić information content (AvgIpc) is 3.03. The van der Waals surface area contributed by atoms with E-state index in [0.717, 1.165) is 30.7 Å². The molecule has 136 valence electrons.